The smallest absolute Gasteiger partial charge is 0.257 e. The van der Waals surface area contributed by atoms with Crippen LogP contribution >= 0.6 is 0 Å². The van der Waals surface area contributed by atoms with Crippen LogP contribution in [-0.4, -0.2) is 64.7 Å². The van der Waals surface area contributed by atoms with Crippen LogP contribution in [0.15, 0.2) is 48.5 Å². The van der Waals surface area contributed by atoms with Gasteiger partial charge in [0, 0.05) is 32.7 Å². The van der Waals surface area contributed by atoms with Gasteiger partial charge in [-0.3, -0.25) is 9.69 Å². The number of para-hydroxylation sites is 2. The number of morpholine rings is 1. The van der Waals surface area contributed by atoms with Crippen LogP contribution in [0.5, 0.6) is 0 Å². The number of anilines is 1. The van der Waals surface area contributed by atoms with Crippen molar-refractivity contribution in [3.63, 3.8) is 0 Å². The van der Waals surface area contributed by atoms with Crippen molar-refractivity contribution in [2.75, 3.05) is 45.1 Å². The zero-order chi connectivity index (χ0) is 24.2. The number of aromatic nitrogens is 3. The maximum Gasteiger partial charge on any atom is 0.257 e. The van der Waals surface area contributed by atoms with Gasteiger partial charge in [0.25, 0.3) is 5.91 Å². The topological polar surface area (TPSA) is 98.3 Å². The first-order valence-electron chi connectivity index (χ1n) is 12.0. The van der Waals surface area contributed by atoms with Crippen molar-refractivity contribution >= 4 is 33.9 Å². The Morgan fingerprint density at radius 3 is 2.51 bits per heavy atom. The molecule has 0 radical (unpaired) electrons. The minimum absolute atomic E-state index is 0.282. The number of halogens is 1. The van der Waals surface area contributed by atoms with Gasteiger partial charge in [0.15, 0.2) is 5.65 Å². The van der Waals surface area contributed by atoms with Gasteiger partial charge in [-0.15, -0.1) is 0 Å². The Balaban J connectivity index is 1.40. The van der Waals surface area contributed by atoms with E-state index in [0.717, 1.165) is 44.8 Å². The third-order valence-corrected chi connectivity index (χ3v) is 6.42. The quantitative estimate of drug-likeness (QED) is 0.406. The van der Waals surface area contributed by atoms with E-state index in [0.29, 0.717) is 46.6 Å². The van der Waals surface area contributed by atoms with E-state index in [1.807, 2.05) is 28.8 Å². The fourth-order valence-corrected chi connectivity index (χ4v) is 4.54. The fourth-order valence-electron chi connectivity index (χ4n) is 4.54. The number of amides is 1. The predicted octanol–water partition coefficient (Wildman–Crippen LogP) is 3.00. The van der Waals surface area contributed by atoms with Gasteiger partial charge in [0.05, 0.1) is 24.2 Å². The highest BCUT2D eigenvalue weighted by atomic mass is 19.1. The fraction of sp³-hybridized carbons (Fsp3) is 0.346. The van der Waals surface area contributed by atoms with Gasteiger partial charge in [0.2, 0.25) is 0 Å². The number of nitrogen functional groups attached to an aromatic ring is 1. The lowest BCUT2D eigenvalue weighted by Gasteiger charge is -2.26. The number of nitrogens with one attached hydrogen (secondary N) is 1. The highest BCUT2D eigenvalue weighted by Crippen LogP contribution is 2.28. The minimum Gasteiger partial charge on any atom is -0.384 e. The van der Waals surface area contributed by atoms with E-state index in [4.69, 9.17) is 20.4 Å². The molecular weight excluding hydrogens is 447 g/mol. The summed E-state index contributed by atoms with van der Waals surface area (Å²) < 4.78 is 21.3. The van der Waals surface area contributed by atoms with Crippen molar-refractivity contribution in [3.8, 4) is 0 Å². The predicted molar refractivity (Wildman–Crippen MR) is 134 cm³/mol. The van der Waals surface area contributed by atoms with E-state index in [1.54, 1.807) is 18.2 Å². The molecule has 2 aromatic carbocycles. The molecule has 1 saturated heterocycles. The number of ether oxygens (including phenoxy) is 1. The van der Waals surface area contributed by atoms with E-state index in [9.17, 15) is 9.18 Å². The van der Waals surface area contributed by atoms with Crippen LogP contribution in [0.3, 0.4) is 0 Å². The average molecular weight is 477 g/mol. The minimum atomic E-state index is -0.333. The molecule has 2 aromatic heterocycles. The van der Waals surface area contributed by atoms with E-state index in [-0.39, 0.29) is 18.3 Å². The Labute approximate surface area is 202 Å². The van der Waals surface area contributed by atoms with Crippen LogP contribution in [0.4, 0.5) is 10.2 Å². The third kappa shape index (κ3) is 4.96. The Kier molecular flexibility index (Phi) is 6.87. The van der Waals surface area contributed by atoms with Crippen LogP contribution in [0.2, 0.25) is 0 Å². The normalized spacial score (nSPS) is 14.5. The number of nitrogens with zero attached hydrogens (tertiary/aromatic N) is 4. The summed E-state index contributed by atoms with van der Waals surface area (Å²) in [6.45, 7) is 5.16. The molecule has 3 N–H and O–H groups in total. The molecule has 35 heavy (non-hydrogen) atoms. The summed E-state index contributed by atoms with van der Waals surface area (Å²) >= 11 is 0. The highest BCUT2D eigenvalue weighted by Gasteiger charge is 2.24. The molecule has 182 valence electrons. The molecular formula is C26H29FN6O2. The van der Waals surface area contributed by atoms with Crippen molar-refractivity contribution in [2.24, 2.45) is 0 Å². The number of hydrogen-bond donors (Lipinski definition) is 2. The Morgan fingerprint density at radius 1 is 1.03 bits per heavy atom. The third-order valence-electron chi connectivity index (χ3n) is 6.42. The molecule has 0 spiro atoms. The molecule has 0 bridgehead atoms. The molecule has 5 rings (SSSR count). The van der Waals surface area contributed by atoms with Crippen molar-refractivity contribution in [1.82, 2.24) is 24.8 Å². The number of rotatable bonds is 8. The summed E-state index contributed by atoms with van der Waals surface area (Å²) in [5, 5.41) is 2.89. The van der Waals surface area contributed by atoms with Gasteiger partial charge >= 0.3 is 0 Å². The van der Waals surface area contributed by atoms with Gasteiger partial charge in [-0.1, -0.05) is 30.3 Å². The molecule has 0 unspecified atom stereocenters. The van der Waals surface area contributed by atoms with Gasteiger partial charge in [-0.25, -0.2) is 14.4 Å². The molecule has 9 heteroatoms. The second kappa shape index (κ2) is 10.4. The van der Waals surface area contributed by atoms with Crippen molar-refractivity contribution in [1.29, 1.82) is 0 Å². The lowest BCUT2D eigenvalue weighted by Crippen LogP contribution is -2.37. The monoisotopic (exact) mass is 476 g/mol. The molecule has 3 heterocycles. The average Bonchev–Trinajstić information content (AvgIpc) is 3.14. The maximum atomic E-state index is 13.9. The van der Waals surface area contributed by atoms with Crippen molar-refractivity contribution < 1.29 is 13.9 Å². The Hall–Kier alpha value is -3.56. The van der Waals surface area contributed by atoms with Gasteiger partial charge in [0.1, 0.15) is 22.7 Å². The van der Waals surface area contributed by atoms with Crippen LogP contribution in [0.1, 0.15) is 22.3 Å². The van der Waals surface area contributed by atoms with E-state index < -0.39 is 0 Å². The molecule has 0 aliphatic carbocycles. The molecule has 1 amide bonds. The Morgan fingerprint density at radius 2 is 1.74 bits per heavy atom. The number of nitrogens with two attached hydrogens (primary N) is 1. The number of fused-ring (bicyclic) bond motifs is 2. The van der Waals surface area contributed by atoms with Gasteiger partial charge < -0.3 is 20.4 Å². The van der Waals surface area contributed by atoms with Gasteiger partial charge in [-0.2, -0.15) is 0 Å². The summed E-state index contributed by atoms with van der Waals surface area (Å²) in [7, 11) is 0. The summed E-state index contributed by atoms with van der Waals surface area (Å²) in [5.74, 6) is -0.267. The number of benzene rings is 2. The summed E-state index contributed by atoms with van der Waals surface area (Å²) in [5.41, 5.74) is 9.94. The maximum absolute atomic E-state index is 13.9. The number of carbonyl (C=O) groups is 1. The zero-order valence-electron chi connectivity index (χ0n) is 19.5. The molecule has 8 nitrogen and oxygen atoms in total. The van der Waals surface area contributed by atoms with Crippen LogP contribution in [-0.2, 0) is 17.7 Å². The molecule has 0 atom stereocenters. The first kappa shape index (κ1) is 23.2. The van der Waals surface area contributed by atoms with Gasteiger partial charge in [-0.05, 0) is 36.6 Å². The molecule has 1 aliphatic rings. The molecule has 1 fully saturated rings. The van der Waals surface area contributed by atoms with Crippen LogP contribution < -0.4 is 11.1 Å². The first-order chi connectivity index (χ1) is 17.1. The summed E-state index contributed by atoms with van der Waals surface area (Å²) in [6.07, 6.45) is 1.24. The number of aryl methyl sites for hydroxylation is 1. The number of hydrogen-bond acceptors (Lipinski definition) is 6. The molecule has 0 saturated carbocycles. The zero-order valence-corrected chi connectivity index (χ0v) is 19.5. The lowest BCUT2D eigenvalue weighted by atomic mass is 10.1. The van der Waals surface area contributed by atoms with E-state index in [2.05, 4.69) is 10.2 Å². The lowest BCUT2D eigenvalue weighted by molar-refractivity contribution is 0.0370. The summed E-state index contributed by atoms with van der Waals surface area (Å²) in [6, 6.07) is 14.1. The SMILES string of the molecule is Nc1c(C(=O)NCCc2ccccc2F)c2nc3ccccc3nc2n1CCCN1CCOCC1. The van der Waals surface area contributed by atoms with E-state index >= 15 is 0 Å². The molecule has 1 aliphatic heterocycles. The Bertz CT molecular complexity index is 1350. The standard InChI is InChI=1S/C26H29FN6O2/c27-19-7-2-1-6-18(19)10-11-29-26(34)22-23-25(31-21-9-4-3-8-20(21)30-23)33(24(22)28)13-5-12-32-14-16-35-17-15-32/h1-4,6-9H,5,10-17,28H2,(H,29,34). The van der Waals surface area contributed by atoms with Crippen LogP contribution in [0.25, 0.3) is 22.2 Å². The second-order valence-electron chi connectivity index (χ2n) is 8.70. The summed E-state index contributed by atoms with van der Waals surface area (Å²) in [4.78, 5) is 25.2. The second-order valence-corrected chi connectivity index (χ2v) is 8.70. The van der Waals surface area contributed by atoms with Crippen molar-refractivity contribution in [2.45, 2.75) is 19.4 Å². The molecule has 4 aromatic rings. The van der Waals surface area contributed by atoms with Crippen molar-refractivity contribution in [3.05, 3.63) is 65.5 Å². The van der Waals surface area contributed by atoms with Crippen LogP contribution in [0, 0.1) is 5.82 Å². The van der Waals surface area contributed by atoms with E-state index in [1.165, 1.54) is 6.07 Å². The first-order valence-corrected chi connectivity index (χ1v) is 12.0. The largest absolute Gasteiger partial charge is 0.384 e. The number of carbonyl (C=O) groups excluding carboxylic acids is 1. The highest BCUT2D eigenvalue weighted by molar-refractivity contribution is 6.10.